The molecule has 3 rings (SSSR count). The van der Waals surface area contributed by atoms with E-state index < -0.39 is 9.84 Å². The van der Waals surface area contributed by atoms with E-state index in [-0.39, 0.29) is 29.4 Å². The normalized spacial score (nSPS) is 12.3. The van der Waals surface area contributed by atoms with E-state index in [0.29, 0.717) is 16.3 Å². The second-order valence-corrected chi connectivity index (χ2v) is 9.48. The minimum Gasteiger partial charge on any atom is -0.493 e. The van der Waals surface area contributed by atoms with Gasteiger partial charge in [-0.2, -0.15) is 4.99 Å². The van der Waals surface area contributed by atoms with Gasteiger partial charge in [-0.3, -0.25) is 4.79 Å². The summed E-state index contributed by atoms with van der Waals surface area (Å²) in [6.45, 7) is 0. The van der Waals surface area contributed by atoms with Crippen molar-refractivity contribution in [3.63, 3.8) is 0 Å². The number of amides is 1. The van der Waals surface area contributed by atoms with E-state index in [0.717, 1.165) is 10.2 Å². The van der Waals surface area contributed by atoms with Crippen LogP contribution in [0.3, 0.4) is 0 Å². The molecule has 0 bridgehead atoms. The largest absolute Gasteiger partial charge is 0.493 e. The third-order valence-corrected chi connectivity index (χ3v) is 7.35. The number of methoxy groups -OCH3 is 2. The van der Waals surface area contributed by atoms with Crippen molar-refractivity contribution in [2.24, 2.45) is 12.0 Å². The van der Waals surface area contributed by atoms with E-state index in [1.54, 1.807) is 49.1 Å². The van der Waals surface area contributed by atoms with E-state index in [1.165, 1.54) is 11.3 Å². The highest BCUT2D eigenvalue weighted by Gasteiger charge is 2.15. The average Bonchev–Trinajstić information content (AvgIpc) is 3.01. The van der Waals surface area contributed by atoms with E-state index in [1.807, 2.05) is 19.2 Å². The van der Waals surface area contributed by atoms with Gasteiger partial charge in [0.05, 0.1) is 35.1 Å². The highest BCUT2D eigenvalue weighted by atomic mass is 32.2. The van der Waals surface area contributed by atoms with Gasteiger partial charge in [0, 0.05) is 25.6 Å². The summed E-state index contributed by atoms with van der Waals surface area (Å²) in [5.74, 6) is 0.753. The van der Waals surface area contributed by atoms with Crippen LogP contribution in [0, 0.1) is 0 Å². The van der Waals surface area contributed by atoms with Gasteiger partial charge in [-0.15, -0.1) is 0 Å². The quantitative estimate of drug-likeness (QED) is 0.571. The zero-order valence-electron chi connectivity index (χ0n) is 16.4. The molecule has 0 atom stereocenters. The van der Waals surface area contributed by atoms with Gasteiger partial charge >= 0.3 is 0 Å². The molecule has 0 aliphatic rings. The molecule has 0 unspecified atom stereocenters. The fourth-order valence-corrected chi connectivity index (χ4v) is 5.26. The van der Waals surface area contributed by atoms with E-state index in [2.05, 4.69) is 4.99 Å². The molecule has 3 aromatic rings. The number of benzene rings is 2. The fourth-order valence-electron chi connectivity index (χ4n) is 2.88. The van der Waals surface area contributed by atoms with Crippen LogP contribution in [0.1, 0.15) is 12.8 Å². The van der Waals surface area contributed by atoms with Crippen LogP contribution in [-0.2, 0) is 21.7 Å². The number of thiazole rings is 1. The first kappa shape index (κ1) is 21.1. The molecular weight excluding hydrogens is 412 g/mol. The molecule has 0 N–H and O–H groups in total. The second-order valence-electron chi connectivity index (χ2n) is 6.36. The Bertz CT molecular complexity index is 1190. The maximum Gasteiger partial charge on any atom is 0.248 e. The van der Waals surface area contributed by atoms with Gasteiger partial charge < -0.3 is 14.0 Å². The number of carbonyl (C=O) groups is 1. The zero-order chi connectivity index (χ0) is 21.0. The predicted octanol–water partition coefficient (Wildman–Crippen LogP) is 2.94. The molecule has 29 heavy (non-hydrogen) atoms. The lowest BCUT2D eigenvalue weighted by atomic mass is 10.3. The van der Waals surface area contributed by atoms with Crippen LogP contribution in [0.4, 0.5) is 0 Å². The van der Waals surface area contributed by atoms with Crippen molar-refractivity contribution in [1.82, 2.24) is 4.57 Å². The predicted molar refractivity (Wildman–Crippen MR) is 112 cm³/mol. The van der Waals surface area contributed by atoms with Crippen LogP contribution in [0.15, 0.2) is 52.4 Å². The van der Waals surface area contributed by atoms with Crippen molar-refractivity contribution in [2.75, 3.05) is 20.0 Å². The standard InChI is InChI=1S/C20H22N2O5S2/c1-22-15-12-16(26-2)17(27-3)13-18(15)28-20(22)21-19(23)10-7-11-29(24,25)14-8-5-4-6-9-14/h4-6,8-9,12-13H,7,10-11H2,1-3H3. The van der Waals surface area contributed by atoms with Crippen LogP contribution >= 0.6 is 11.3 Å². The monoisotopic (exact) mass is 434 g/mol. The maximum atomic E-state index is 12.3. The molecule has 0 spiro atoms. The lowest BCUT2D eigenvalue weighted by Crippen LogP contribution is -2.14. The minimum atomic E-state index is -3.40. The molecule has 0 saturated carbocycles. The van der Waals surface area contributed by atoms with Gasteiger partial charge in [0.1, 0.15) is 0 Å². The number of rotatable bonds is 7. The fraction of sp³-hybridized carbons (Fsp3) is 0.300. The number of fused-ring (bicyclic) bond motifs is 1. The summed E-state index contributed by atoms with van der Waals surface area (Å²) in [5.41, 5.74) is 0.867. The van der Waals surface area contributed by atoms with Gasteiger partial charge in [0.25, 0.3) is 0 Å². The summed E-state index contributed by atoms with van der Waals surface area (Å²) in [7, 11) is 1.55. The van der Waals surface area contributed by atoms with Crippen molar-refractivity contribution in [1.29, 1.82) is 0 Å². The number of aromatic nitrogens is 1. The first-order chi connectivity index (χ1) is 13.9. The van der Waals surface area contributed by atoms with Crippen molar-refractivity contribution in [3.8, 4) is 11.5 Å². The summed E-state index contributed by atoms with van der Waals surface area (Å²) >= 11 is 1.36. The Labute approximate surface area is 173 Å². The van der Waals surface area contributed by atoms with E-state index in [9.17, 15) is 13.2 Å². The number of hydrogen-bond donors (Lipinski definition) is 0. The number of hydrogen-bond acceptors (Lipinski definition) is 6. The van der Waals surface area contributed by atoms with Crippen LogP contribution < -0.4 is 14.3 Å². The van der Waals surface area contributed by atoms with Crippen molar-refractivity contribution < 1.29 is 22.7 Å². The first-order valence-corrected chi connectivity index (χ1v) is 11.4. The molecule has 0 radical (unpaired) electrons. The van der Waals surface area contributed by atoms with Crippen LogP contribution in [-0.4, -0.2) is 38.9 Å². The zero-order valence-corrected chi connectivity index (χ0v) is 18.0. The first-order valence-electron chi connectivity index (χ1n) is 8.92. The summed E-state index contributed by atoms with van der Waals surface area (Å²) in [6.07, 6.45) is 0.281. The summed E-state index contributed by atoms with van der Waals surface area (Å²) in [5, 5.41) is 0. The lowest BCUT2D eigenvalue weighted by molar-refractivity contribution is -0.118. The number of ether oxygens (including phenoxy) is 2. The van der Waals surface area contributed by atoms with Crippen LogP contribution in [0.25, 0.3) is 10.2 Å². The summed E-state index contributed by atoms with van der Waals surface area (Å²) < 4.78 is 37.9. The van der Waals surface area contributed by atoms with E-state index in [4.69, 9.17) is 9.47 Å². The van der Waals surface area contributed by atoms with Gasteiger partial charge in [-0.1, -0.05) is 29.5 Å². The molecule has 1 amide bonds. The Morgan fingerprint density at radius 1 is 1.10 bits per heavy atom. The topological polar surface area (TPSA) is 87.0 Å². The average molecular weight is 435 g/mol. The molecule has 154 valence electrons. The van der Waals surface area contributed by atoms with E-state index >= 15 is 0 Å². The smallest absolute Gasteiger partial charge is 0.248 e. The van der Waals surface area contributed by atoms with Gasteiger partial charge in [-0.05, 0) is 18.6 Å². The van der Waals surface area contributed by atoms with Crippen molar-refractivity contribution in [3.05, 3.63) is 47.3 Å². The second kappa shape index (κ2) is 8.79. The van der Waals surface area contributed by atoms with Gasteiger partial charge in [0.2, 0.25) is 5.91 Å². The Kier molecular flexibility index (Phi) is 6.39. The van der Waals surface area contributed by atoms with Crippen LogP contribution in [0.5, 0.6) is 11.5 Å². The number of aryl methyl sites for hydroxylation is 1. The minimum absolute atomic E-state index is 0.0625. The Morgan fingerprint density at radius 3 is 2.41 bits per heavy atom. The lowest BCUT2D eigenvalue weighted by Gasteiger charge is -2.07. The third kappa shape index (κ3) is 4.68. The maximum absolute atomic E-state index is 12.3. The SMILES string of the molecule is COc1cc2sc(=NC(=O)CCCS(=O)(=O)c3ccccc3)n(C)c2cc1OC. The van der Waals surface area contributed by atoms with Crippen molar-refractivity contribution in [2.45, 2.75) is 17.7 Å². The highest BCUT2D eigenvalue weighted by Crippen LogP contribution is 2.33. The highest BCUT2D eigenvalue weighted by molar-refractivity contribution is 7.91. The molecule has 0 aliphatic carbocycles. The molecule has 1 aromatic heterocycles. The summed E-state index contributed by atoms with van der Waals surface area (Å²) in [6, 6.07) is 11.9. The third-order valence-electron chi connectivity index (χ3n) is 4.44. The Balaban J connectivity index is 1.75. The number of nitrogens with zero attached hydrogens (tertiary/aromatic N) is 2. The summed E-state index contributed by atoms with van der Waals surface area (Å²) in [4.78, 5) is 17.3. The molecule has 0 saturated heterocycles. The molecule has 0 aliphatic heterocycles. The van der Waals surface area contributed by atoms with Crippen molar-refractivity contribution >= 4 is 37.3 Å². The van der Waals surface area contributed by atoms with Gasteiger partial charge in [-0.25, -0.2) is 8.42 Å². The molecule has 9 heteroatoms. The number of carbonyl (C=O) groups excluding carboxylic acids is 1. The molecule has 7 nitrogen and oxygen atoms in total. The Morgan fingerprint density at radius 2 is 1.76 bits per heavy atom. The molecule has 2 aromatic carbocycles. The molecule has 0 fully saturated rings. The number of sulfone groups is 1. The molecule has 1 heterocycles. The molecular formula is C20H22N2O5S2. The van der Waals surface area contributed by atoms with Gasteiger partial charge in [0.15, 0.2) is 26.1 Å². The van der Waals surface area contributed by atoms with Crippen LogP contribution in [0.2, 0.25) is 0 Å². The Hall–Kier alpha value is -2.65.